The summed E-state index contributed by atoms with van der Waals surface area (Å²) in [6, 6.07) is 0. The SMILES string of the molecule is CCCCCC=CCP(=O)(O)O. The van der Waals surface area contributed by atoms with Gasteiger partial charge in [0.1, 0.15) is 0 Å². The van der Waals surface area contributed by atoms with Crippen LogP contribution in [-0.4, -0.2) is 15.9 Å². The molecule has 0 saturated carbocycles. The zero-order valence-electron chi connectivity index (χ0n) is 7.44. The highest BCUT2D eigenvalue weighted by Gasteiger charge is 2.07. The Kier molecular flexibility index (Phi) is 6.35. The molecule has 0 radical (unpaired) electrons. The summed E-state index contributed by atoms with van der Waals surface area (Å²) in [7, 11) is -3.81. The first-order valence-electron chi connectivity index (χ1n) is 4.26. The Morgan fingerprint density at radius 2 is 1.92 bits per heavy atom. The Balaban J connectivity index is 3.32. The van der Waals surface area contributed by atoms with Crippen LogP contribution >= 0.6 is 7.60 Å². The second-order valence-corrected chi connectivity index (χ2v) is 4.51. The molecule has 0 spiro atoms. The largest absolute Gasteiger partial charge is 0.329 e. The van der Waals surface area contributed by atoms with Gasteiger partial charge >= 0.3 is 7.60 Å². The minimum absolute atomic E-state index is 0.126. The lowest BCUT2D eigenvalue weighted by molar-refractivity contribution is 0.377. The molecule has 72 valence electrons. The molecule has 0 aliphatic rings. The van der Waals surface area contributed by atoms with E-state index in [0.29, 0.717) is 0 Å². The Morgan fingerprint density at radius 1 is 1.25 bits per heavy atom. The quantitative estimate of drug-likeness (QED) is 0.385. The third-order valence-electron chi connectivity index (χ3n) is 1.48. The maximum Gasteiger partial charge on any atom is 0.329 e. The number of unbranched alkanes of at least 4 members (excludes halogenated alkanes) is 3. The van der Waals surface area contributed by atoms with E-state index in [-0.39, 0.29) is 6.16 Å². The van der Waals surface area contributed by atoms with Crippen LogP contribution < -0.4 is 0 Å². The maximum atomic E-state index is 10.4. The zero-order chi connectivity index (χ0) is 9.45. The lowest BCUT2D eigenvalue weighted by Crippen LogP contribution is -1.81. The maximum absolute atomic E-state index is 10.4. The van der Waals surface area contributed by atoms with E-state index in [2.05, 4.69) is 6.92 Å². The monoisotopic (exact) mass is 192 g/mol. The summed E-state index contributed by atoms with van der Waals surface area (Å²) in [4.78, 5) is 17.0. The topological polar surface area (TPSA) is 57.5 Å². The molecule has 12 heavy (non-hydrogen) atoms. The van der Waals surface area contributed by atoms with Gasteiger partial charge in [-0.1, -0.05) is 31.9 Å². The first kappa shape index (κ1) is 11.9. The number of hydrogen-bond acceptors (Lipinski definition) is 1. The lowest BCUT2D eigenvalue weighted by Gasteiger charge is -1.96. The van der Waals surface area contributed by atoms with Gasteiger partial charge in [-0.25, -0.2) is 0 Å². The summed E-state index contributed by atoms with van der Waals surface area (Å²) in [5.74, 6) is 0. The lowest BCUT2D eigenvalue weighted by atomic mass is 10.2. The second-order valence-electron chi connectivity index (χ2n) is 2.81. The van der Waals surface area contributed by atoms with Gasteiger partial charge in [-0.2, -0.15) is 0 Å². The van der Waals surface area contributed by atoms with E-state index in [4.69, 9.17) is 9.79 Å². The standard InChI is InChI=1S/C8H17O3P/c1-2-3-4-5-6-7-8-12(9,10)11/h6-7H,2-5,8H2,1H3,(H2,9,10,11). The Hall–Kier alpha value is -0.110. The summed E-state index contributed by atoms with van der Waals surface area (Å²) < 4.78 is 10.4. The van der Waals surface area contributed by atoms with Crippen LogP contribution in [0.5, 0.6) is 0 Å². The van der Waals surface area contributed by atoms with Crippen molar-refractivity contribution in [2.75, 3.05) is 6.16 Å². The minimum Gasteiger partial charge on any atom is -0.324 e. The molecule has 0 unspecified atom stereocenters. The molecule has 3 nitrogen and oxygen atoms in total. The van der Waals surface area contributed by atoms with E-state index in [9.17, 15) is 4.57 Å². The fourth-order valence-corrected chi connectivity index (χ4v) is 1.27. The molecular weight excluding hydrogens is 175 g/mol. The van der Waals surface area contributed by atoms with E-state index in [0.717, 1.165) is 12.8 Å². The third-order valence-corrected chi connectivity index (χ3v) is 2.17. The second kappa shape index (κ2) is 6.41. The van der Waals surface area contributed by atoms with E-state index in [1.165, 1.54) is 12.8 Å². The van der Waals surface area contributed by atoms with E-state index in [1.807, 2.05) is 6.08 Å². The Morgan fingerprint density at radius 3 is 2.42 bits per heavy atom. The molecule has 0 aliphatic carbocycles. The Bertz CT molecular complexity index is 171. The molecule has 0 bridgehead atoms. The number of allylic oxidation sites excluding steroid dienone is 2. The van der Waals surface area contributed by atoms with Crippen LogP contribution in [0.25, 0.3) is 0 Å². The molecule has 4 heteroatoms. The van der Waals surface area contributed by atoms with Gasteiger partial charge in [-0.3, -0.25) is 4.57 Å². The van der Waals surface area contributed by atoms with Crippen molar-refractivity contribution < 1.29 is 14.4 Å². The molecule has 0 aromatic rings. The summed E-state index contributed by atoms with van der Waals surface area (Å²) >= 11 is 0. The minimum atomic E-state index is -3.81. The first-order valence-corrected chi connectivity index (χ1v) is 6.05. The molecular formula is C8H17O3P. The van der Waals surface area contributed by atoms with Crippen LogP contribution in [0, 0.1) is 0 Å². The summed E-state index contributed by atoms with van der Waals surface area (Å²) in [5, 5.41) is 0. The van der Waals surface area contributed by atoms with E-state index < -0.39 is 7.60 Å². The molecule has 2 N–H and O–H groups in total. The third kappa shape index (κ3) is 9.89. The number of hydrogen-bond donors (Lipinski definition) is 2. The van der Waals surface area contributed by atoms with Crippen molar-refractivity contribution in [1.29, 1.82) is 0 Å². The molecule has 0 aromatic carbocycles. The van der Waals surface area contributed by atoms with Crippen LogP contribution in [0.3, 0.4) is 0 Å². The van der Waals surface area contributed by atoms with Crippen LogP contribution in [0.15, 0.2) is 12.2 Å². The molecule has 0 heterocycles. The van der Waals surface area contributed by atoms with Crippen LogP contribution in [-0.2, 0) is 4.57 Å². The molecule has 0 atom stereocenters. The van der Waals surface area contributed by atoms with Gasteiger partial charge in [-0.15, -0.1) is 0 Å². The summed E-state index contributed by atoms with van der Waals surface area (Å²) in [6.07, 6.45) is 7.67. The summed E-state index contributed by atoms with van der Waals surface area (Å²) in [5.41, 5.74) is 0. The predicted molar refractivity (Wildman–Crippen MR) is 50.2 cm³/mol. The van der Waals surface area contributed by atoms with Crippen molar-refractivity contribution in [3.8, 4) is 0 Å². The van der Waals surface area contributed by atoms with Gasteiger partial charge in [0.2, 0.25) is 0 Å². The predicted octanol–water partition coefficient (Wildman–Crippen LogP) is 2.30. The fraction of sp³-hybridized carbons (Fsp3) is 0.750. The van der Waals surface area contributed by atoms with Gasteiger partial charge < -0.3 is 9.79 Å². The van der Waals surface area contributed by atoms with Gasteiger partial charge in [0.15, 0.2) is 0 Å². The van der Waals surface area contributed by atoms with Crippen LogP contribution in [0.4, 0.5) is 0 Å². The van der Waals surface area contributed by atoms with Crippen molar-refractivity contribution >= 4 is 7.60 Å². The van der Waals surface area contributed by atoms with Gasteiger partial charge in [0.25, 0.3) is 0 Å². The highest BCUT2D eigenvalue weighted by molar-refractivity contribution is 7.51. The molecule has 0 aliphatic heterocycles. The molecule has 0 fully saturated rings. The highest BCUT2D eigenvalue weighted by Crippen LogP contribution is 2.33. The smallest absolute Gasteiger partial charge is 0.324 e. The van der Waals surface area contributed by atoms with Crippen LogP contribution in [0.2, 0.25) is 0 Å². The van der Waals surface area contributed by atoms with E-state index >= 15 is 0 Å². The first-order chi connectivity index (χ1) is 5.56. The Labute approximate surface area is 73.7 Å². The van der Waals surface area contributed by atoms with Crippen molar-refractivity contribution in [2.45, 2.75) is 32.6 Å². The van der Waals surface area contributed by atoms with Crippen LogP contribution in [0.1, 0.15) is 32.6 Å². The highest BCUT2D eigenvalue weighted by atomic mass is 31.2. The fourth-order valence-electron chi connectivity index (χ4n) is 0.842. The molecule has 0 rings (SSSR count). The molecule has 0 aromatic heterocycles. The van der Waals surface area contributed by atoms with Gasteiger partial charge in [-0.05, 0) is 12.8 Å². The molecule has 0 amide bonds. The van der Waals surface area contributed by atoms with E-state index in [1.54, 1.807) is 6.08 Å². The van der Waals surface area contributed by atoms with Crippen molar-refractivity contribution in [3.63, 3.8) is 0 Å². The average molecular weight is 192 g/mol. The van der Waals surface area contributed by atoms with Crippen molar-refractivity contribution in [2.24, 2.45) is 0 Å². The number of rotatable bonds is 6. The normalized spacial score (nSPS) is 12.6. The summed E-state index contributed by atoms with van der Waals surface area (Å²) in [6.45, 7) is 2.12. The van der Waals surface area contributed by atoms with Gasteiger partial charge in [0, 0.05) is 0 Å². The van der Waals surface area contributed by atoms with Gasteiger partial charge in [0.05, 0.1) is 6.16 Å². The van der Waals surface area contributed by atoms with Crippen molar-refractivity contribution in [1.82, 2.24) is 0 Å². The zero-order valence-corrected chi connectivity index (χ0v) is 8.33. The average Bonchev–Trinajstić information content (AvgIpc) is 1.94. The van der Waals surface area contributed by atoms with Crippen molar-refractivity contribution in [3.05, 3.63) is 12.2 Å². The molecule has 0 saturated heterocycles.